The Labute approximate surface area is 104 Å². The minimum atomic E-state index is -0.581. The van der Waals surface area contributed by atoms with E-state index in [2.05, 4.69) is 20.4 Å². The number of nitrogens with one attached hydrogen (secondary N) is 1. The molecule has 2 rings (SSSR count). The molecule has 0 unspecified atom stereocenters. The first-order chi connectivity index (χ1) is 8.63. The largest absolute Gasteiger partial charge is 0.392 e. The lowest BCUT2D eigenvalue weighted by Crippen LogP contribution is -2.31. The standard InChI is InChI=1S/C11H15N5O2/c1-3-9-8(10(18)12-4-7(2)17)5-13-11-14-6-15-16(9)11/h5-7,17H,3-4H2,1-2H3,(H,12,18)/t7-/m0/s1. The molecule has 0 saturated heterocycles. The molecule has 2 aromatic rings. The predicted octanol–water partition coefficient (Wildman–Crippen LogP) is -0.203. The van der Waals surface area contributed by atoms with Gasteiger partial charge in [0.15, 0.2) is 0 Å². The summed E-state index contributed by atoms with van der Waals surface area (Å²) in [5, 5.41) is 15.8. The molecule has 0 aliphatic carbocycles. The van der Waals surface area contributed by atoms with Crippen LogP contribution in [0, 0.1) is 0 Å². The Morgan fingerprint density at radius 1 is 1.56 bits per heavy atom. The summed E-state index contributed by atoms with van der Waals surface area (Å²) in [7, 11) is 0. The summed E-state index contributed by atoms with van der Waals surface area (Å²) in [6.07, 6.45) is 2.95. The van der Waals surface area contributed by atoms with Crippen LogP contribution in [0.2, 0.25) is 0 Å². The third kappa shape index (κ3) is 2.30. The summed E-state index contributed by atoms with van der Waals surface area (Å²) in [5.74, 6) is 0.205. The molecule has 0 bridgehead atoms. The second kappa shape index (κ2) is 5.09. The van der Waals surface area contributed by atoms with Crippen LogP contribution in [0.1, 0.15) is 29.9 Å². The van der Waals surface area contributed by atoms with Gasteiger partial charge in [0.1, 0.15) is 6.33 Å². The van der Waals surface area contributed by atoms with Gasteiger partial charge in [0.05, 0.1) is 17.4 Å². The molecular formula is C11H15N5O2. The number of hydrogen-bond acceptors (Lipinski definition) is 5. The average molecular weight is 249 g/mol. The van der Waals surface area contributed by atoms with Crippen molar-refractivity contribution in [3.8, 4) is 0 Å². The normalized spacial score (nSPS) is 12.6. The molecule has 0 aromatic carbocycles. The molecule has 0 saturated carbocycles. The van der Waals surface area contributed by atoms with Gasteiger partial charge in [-0.25, -0.2) is 9.50 Å². The van der Waals surface area contributed by atoms with Gasteiger partial charge in [-0.2, -0.15) is 10.1 Å². The number of aliphatic hydroxyl groups is 1. The number of aliphatic hydroxyl groups excluding tert-OH is 1. The molecule has 18 heavy (non-hydrogen) atoms. The number of rotatable bonds is 4. The Bertz CT molecular complexity index is 564. The first kappa shape index (κ1) is 12.4. The maximum Gasteiger partial charge on any atom is 0.254 e. The number of nitrogens with zero attached hydrogens (tertiary/aromatic N) is 4. The summed E-state index contributed by atoms with van der Waals surface area (Å²) < 4.78 is 1.55. The highest BCUT2D eigenvalue weighted by Gasteiger charge is 2.15. The minimum Gasteiger partial charge on any atom is -0.392 e. The minimum absolute atomic E-state index is 0.206. The first-order valence-corrected chi connectivity index (χ1v) is 5.77. The lowest BCUT2D eigenvalue weighted by molar-refractivity contribution is 0.0922. The summed E-state index contributed by atoms with van der Waals surface area (Å²) in [4.78, 5) is 20.0. The summed E-state index contributed by atoms with van der Waals surface area (Å²) in [6, 6.07) is 0. The van der Waals surface area contributed by atoms with Crippen molar-refractivity contribution in [1.29, 1.82) is 0 Å². The molecule has 1 amide bonds. The van der Waals surface area contributed by atoms with Crippen LogP contribution >= 0.6 is 0 Å². The average Bonchev–Trinajstić information content (AvgIpc) is 2.82. The van der Waals surface area contributed by atoms with Crippen LogP contribution < -0.4 is 5.32 Å². The smallest absolute Gasteiger partial charge is 0.254 e. The molecule has 0 spiro atoms. The molecule has 2 aromatic heterocycles. The molecular weight excluding hydrogens is 234 g/mol. The Kier molecular flexibility index (Phi) is 3.52. The van der Waals surface area contributed by atoms with Crippen molar-refractivity contribution < 1.29 is 9.90 Å². The highest BCUT2D eigenvalue weighted by Crippen LogP contribution is 2.09. The fourth-order valence-corrected chi connectivity index (χ4v) is 1.69. The van der Waals surface area contributed by atoms with E-state index >= 15 is 0 Å². The van der Waals surface area contributed by atoms with Gasteiger partial charge in [-0.3, -0.25) is 4.79 Å². The zero-order chi connectivity index (χ0) is 13.1. The monoisotopic (exact) mass is 249 g/mol. The fraction of sp³-hybridized carbons (Fsp3) is 0.455. The SMILES string of the molecule is CCc1c(C(=O)NC[C@H](C)O)cnc2ncnn12. The van der Waals surface area contributed by atoms with E-state index in [4.69, 9.17) is 5.11 Å². The number of hydrogen-bond donors (Lipinski definition) is 2. The summed E-state index contributed by atoms with van der Waals surface area (Å²) in [5.41, 5.74) is 1.21. The maximum atomic E-state index is 12.0. The van der Waals surface area contributed by atoms with Gasteiger partial charge in [0.2, 0.25) is 0 Å². The van der Waals surface area contributed by atoms with Gasteiger partial charge >= 0.3 is 0 Å². The zero-order valence-electron chi connectivity index (χ0n) is 10.3. The van der Waals surface area contributed by atoms with E-state index in [0.717, 1.165) is 5.69 Å². The molecule has 1 atom stereocenters. The van der Waals surface area contributed by atoms with Crippen LogP contribution in [0.15, 0.2) is 12.5 Å². The van der Waals surface area contributed by atoms with Gasteiger partial charge in [0, 0.05) is 12.7 Å². The van der Waals surface area contributed by atoms with Gasteiger partial charge in [-0.05, 0) is 13.3 Å². The third-order valence-corrected chi connectivity index (χ3v) is 2.54. The maximum absolute atomic E-state index is 12.0. The van der Waals surface area contributed by atoms with Crippen molar-refractivity contribution >= 4 is 11.7 Å². The molecule has 0 fully saturated rings. The van der Waals surface area contributed by atoms with Crippen molar-refractivity contribution in [1.82, 2.24) is 24.9 Å². The molecule has 2 heterocycles. The van der Waals surface area contributed by atoms with Crippen molar-refractivity contribution in [2.24, 2.45) is 0 Å². The van der Waals surface area contributed by atoms with Crippen molar-refractivity contribution in [3.63, 3.8) is 0 Å². The molecule has 7 nitrogen and oxygen atoms in total. The highest BCUT2D eigenvalue weighted by molar-refractivity contribution is 5.95. The lowest BCUT2D eigenvalue weighted by atomic mass is 10.2. The Morgan fingerprint density at radius 2 is 2.33 bits per heavy atom. The van der Waals surface area contributed by atoms with Crippen LogP contribution in [0.3, 0.4) is 0 Å². The first-order valence-electron chi connectivity index (χ1n) is 5.77. The summed E-state index contributed by atoms with van der Waals surface area (Å²) in [6.45, 7) is 3.75. The van der Waals surface area contributed by atoms with Gasteiger partial charge in [0.25, 0.3) is 11.7 Å². The molecule has 96 valence electrons. The number of fused-ring (bicyclic) bond motifs is 1. The number of aromatic nitrogens is 4. The molecule has 7 heteroatoms. The van der Waals surface area contributed by atoms with E-state index in [1.54, 1.807) is 11.4 Å². The topological polar surface area (TPSA) is 92.4 Å². The Balaban J connectivity index is 2.34. The van der Waals surface area contributed by atoms with Gasteiger partial charge in [-0.1, -0.05) is 6.92 Å². The van der Waals surface area contributed by atoms with E-state index in [0.29, 0.717) is 17.8 Å². The fourth-order valence-electron chi connectivity index (χ4n) is 1.69. The highest BCUT2D eigenvalue weighted by atomic mass is 16.3. The summed E-state index contributed by atoms with van der Waals surface area (Å²) >= 11 is 0. The molecule has 2 N–H and O–H groups in total. The molecule has 0 aliphatic heterocycles. The predicted molar refractivity (Wildman–Crippen MR) is 64.2 cm³/mol. The van der Waals surface area contributed by atoms with Crippen molar-refractivity contribution in [2.75, 3.05) is 6.54 Å². The second-order valence-electron chi connectivity index (χ2n) is 4.00. The zero-order valence-corrected chi connectivity index (χ0v) is 10.3. The van der Waals surface area contributed by atoms with Crippen LogP contribution in [0.5, 0.6) is 0 Å². The van der Waals surface area contributed by atoms with E-state index in [1.165, 1.54) is 12.5 Å². The van der Waals surface area contributed by atoms with E-state index in [9.17, 15) is 4.79 Å². The molecule has 0 radical (unpaired) electrons. The van der Waals surface area contributed by atoms with Crippen LogP contribution in [-0.4, -0.2) is 43.2 Å². The van der Waals surface area contributed by atoms with Crippen LogP contribution in [0.25, 0.3) is 5.78 Å². The van der Waals surface area contributed by atoms with Crippen molar-refractivity contribution in [3.05, 3.63) is 23.8 Å². The lowest BCUT2D eigenvalue weighted by Gasteiger charge is -2.10. The Hall–Kier alpha value is -2.02. The van der Waals surface area contributed by atoms with Gasteiger partial charge in [-0.15, -0.1) is 0 Å². The van der Waals surface area contributed by atoms with Crippen LogP contribution in [0.4, 0.5) is 0 Å². The third-order valence-electron chi connectivity index (χ3n) is 2.54. The number of carbonyl (C=O) groups is 1. The van der Waals surface area contributed by atoms with E-state index in [1.807, 2.05) is 6.92 Å². The number of amides is 1. The number of aryl methyl sites for hydroxylation is 1. The Morgan fingerprint density at radius 3 is 3.00 bits per heavy atom. The van der Waals surface area contributed by atoms with E-state index < -0.39 is 6.10 Å². The quantitative estimate of drug-likeness (QED) is 0.782. The molecule has 0 aliphatic rings. The second-order valence-corrected chi connectivity index (χ2v) is 4.00. The van der Waals surface area contributed by atoms with Crippen LogP contribution in [-0.2, 0) is 6.42 Å². The van der Waals surface area contributed by atoms with Crippen molar-refractivity contribution in [2.45, 2.75) is 26.4 Å². The van der Waals surface area contributed by atoms with E-state index in [-0.39, 0.29) is 12.5 Å². The number of carbonyl (C=O) groups excluding carboxylic acids is 1. The van der Waals surface area contributed by atoms with Gasteiger partial charge < -0.3 is 10.4 Å².